The third-order valence-corrected chi connectivity index (χ3v) is 4.47. The highest BCUT2D eigenvalue weighted by atomic mass is 35.5. The summed E-state index contributed by atoms with van der Waals surface area (Å²) in [6.07, 6.45) is 5.69. The number of nitrogens with one attached hydrogen (secondary N) is 1. The Morgan fingerprint density at radius 2 is 1.79 bits per heavy atom. The number of aromatic amines is 1. The van der Waals surface area contributed by atoms with E-state index in [2.05, 4.69) is 9.97 Å². The number of benzene rings is 1. The van der Waals surface area contributed by atoms with Crippen LogP contribution in [0, 0.1) is 0 Å². The van der Waals surface area contributed by atoms with Gasteiger partial charge in [-0.05, 0) is 25.0 Å². The van der Waals surface area contributed by atoms with Crippen LogP contribution in [0.5, 0.6) is 0 Å². The summed E-state index contributed by atoms with van der Waals surface area (Å²) in [4.78, 5) is 19.5. The fourth-order valence-corrected chi connectivity index (χ4v) is 3.07. The molecule has 1 fully saturated rings. The van der Waals surface area contributed by atoms with E-state index in [-0.39, 0.29) is 11.5 Å². The molecule has 1 aliphatic carbocycles. The fourth-order valence-electron chi connectivity index (χ4n) is 2.75. The van der Waals surface area contributed by atoms with Crippen molar-refractivity contribution in [2.24, 2.45) is 0 Å². The summed E-state index contributed by atoms with van der Waals surface area (Å²) in [5, 5.41) is 0.889. The lowest BCUT2D eigenvalue weighted by molar-refractivity contribution is 0.434. The Morgan fingerprint density at radius 3 is 2.53 bits per heavy atom. The molecule has 0 aliphatic heterocycles. The predicted molar refractivity (Wildman–Crippen MR) is 78.2 cm³/mol. The average molecular weight is 297 g/mol. The molecule has 0 bridgehead atoms. The quantitative estimate of drug-likeness (QED) is 0.854. The maximum Gasteiger partial charge on any atom is 0.270 e. The molecule has 1 heterocycles. The number of fused-ring (bicyclic) bond motifs is 1. The van der Waals surface area contributed by atoms with Crippen LogP contribution in [0.15, 0.2) is 16.9 Å². The van der Waals surface area contributed by atoms with Gasteiger partial charge in [-0.25, -0.2) is 4.98 Å². The Kier molecular flexibility index (Phi) is 3.50. The standard InChI is InChI=1S/C14H14Cl2N2O/c15-9-6-11-12(7-10(9)16)18-14(19)13(17-11)8-4-2-1-3-5-8/h6-8H,1-5H2,(H,18,19). The van der Waals surface area contributed by atoms with Crippen LogP contribution in [-0.4, -0.2) is 9.97 Å². The van der Waals surface area contributed by atoms with E-state index in [4.69, 9.17) is 23.2 Å². The second-order valence-electron chi connectivity index (χ2n) is 5.07. The van der Waals surface area contributed by atoms with Crippen LogP contribution in [0.2, 0.25) is 10.0 Å². The number of H-pyrrole nitrogens is 1. The second-order valence-corrected chi connectivity index (χ2v) is 5.88. The first-order chi connectivity index (χ1) is 9.15. The van der Waals surface area contributed by atoms with E-state index in [9.17, 15) is 4.79 Å². The molecular weight excluding hydrogens is 283 g/mol. The predicted octanol–water partition coefficient (Wildman–Crippen LogP) is 4.28. The molecular formula is C14H14Cl2N2O. The first-order valence-electron chi connectivity index (χ1n) is 6.54. The highest BCUT2D eigenvalue weighted by Gasteiger charge is 2.20. The summed E-state index contributed by atoms with van der Waals surface area (Å²) in [5.74, 6) is 0.274. The van der Waals surface area contributed by atoms with Crippen LogP contribution in [0.4, 0.5) is 0 Å². The summed E-state index contributed by atoms with van der Waals surface area (Å²) in [5.41, 5.74) is 1.89. The van der Waals surface area contributed by atoms with Crippen LogP contribution in [-0.2, 0) is 0 Å². The normalized spacial score (nSPS) is 16.9. The highest BCUT2D eigenvalue weighted by Crippen LogP contribution is 2.31. The minimum atomic E-state index is -0.0993. The molecule has 0 atom stereocenters. The van der Waals surface area contributed by atoms with Crippen molar-refractivity contribution < 1.29 is 0 Å². The molecule has 1 aromatic carbocycles. The van der Waals surface area contributed by atoms with Crippen molar-refractivity contribution in [3.05, 3.63) is 38.2 Å². The van der Waals surface area contributed by atoms with Gasteiger partial charge in [-0.15, -0.1) is 0 Å². The number of hydrogen-bond donors (Lipinski definition) is 1. The van der Waals surface area contributed by atoms with E-state index in [0.717, 1.165) is 12.8 Å². The molecule has 100 valence electrons. The highest BCUT2D eigenvalue weighted by molar-refractivity contribution is 6.42. The molecule has 1 saturated carbocycles. The van der Waals surface area contributed by atoms with E-state index in [1.807, 2.05) is 0 Å². The van der Waals surface area contributed by atoms with E-state index >= 15 is 0 Å². The van der Waals surface area contributed by atoms with Gasteiger partial charge in [-0.2, -0.15) is 0 Å². The zero-order valence-electron chi connectivity index (χ0n) is 10.4. The number of aromatic nitrogens is 2. The third-order valence-electron chi connectivity index (χ3n) is 3.75. The first-order valence-corrected chi connectivity index (χ1v) is 7.30. The molecule has 0 spiro atoms. The van der Waals surface area contributed by atoms with Gasteiger partial charge in [-0.3, -0.25) is 4.79 Å². The smallest absolute Gasteiger partial charge is 0.270 e. The van der Waals surface area contributed by atoms with Gasteiger partial charge >= 0.3 is 0 Å². The van der Waals surface area contributed by atoms with Gasteiger partial charge in [0.25, 0.3) is 5.56 Å². The summed E-state index contributed by atoms with van der Waals surface area (Å²) in [7, 11) is 0. The van der Waals surface area contributed by atoms with Gasteiger partial charge in [0.2, 0.25) is 0 Å². The number of nitrogens with zero attached hydrogens (tertiary/aromatic N) is 1. The summed E-state index contributed by atoms with van der Waals surface area (Å²) < 4.78 is 0. The molecule has 5 heteroatoms. The van der Waals surface area contributed by atoms with Gasteiger partial charge in [0.1, 0.15) is 5.69 Å². The van der Waals surface area contributed by atoms with Crippen LogP contribution >= 0.6 is 23.2 Å². The Balaban J connectivity index is 2.12. The van der Waals surface area contributed by atoms with Crippen LogP contribution in [0.1, 0.15) is 43.7 Å². The minimum Gasteiger partial charge on any atom is -0.319 e. The SMILES string of the molecule is O=c1[nH]c2cc(Cl)c(Cl)cc2nc1C1CCCCC1. The maximum absolute atomic E-state index is 12.1. The lowest BCUT2D eigenvalue weighted by atomic mass is 9.87. The van der Waals surface area contributed by atoms with E-state index in [1.165, 1.54) is 19.3 Å². The molecule has 0 radical (unpaired) electrons. The van der Waals surface area contributed by atoms with Crippen molar-refractivity contribution in [1.29, 1.82) is 0 Å². The molecule has 19 heavy (non-hydrogen) atoms. The van der Waals surface area contributed by atoms with Crippen LogP contribution in [0.25, 0.3) is 11.0 Å². The average Bonchev–Trinajstić information content (AvgIpc) is 2.41. The summed E-state index contributed by atoms with van der Waals surface area (Å²) in [6, 6.07) is 3.36. The fraction of sp³-hybridized carbons (Fsp3) is 0.429. The van der Waals surface area contributed by atoms with E-state index in [1.54, 1.807) is 12.1 Å². The van der Waals surface area contributed by atoms with Crippen molar-refractivity contribution in [2.75, 3.05) is 0 Å². The van der Waals surface area contributed by atoms with Gasteiger partial charge in [-0.1, -0.05) is 42.5 Å². The number of hydrogen-bond acceptors (Lipinski definition) is 2. The van der Waals surface area contributed by atoms with Crippen molar-refractivity contribution >= 4 is 34.2 Å². The van der Waals surface area contributed by atoms with Gasteiger partial charge in [0.05, 0.1) is 21.1 Å². The van der Waals surface area contributed by atoms with E-state index in [0.29, 0.717) is 26.8 Å². The molecule has 1 aromatic heterocycles. The Labute approximate surface area is 121 Å². The number of halogens is 2. The van der Waals surface area contributed by atoms with E-state index < -0.39 is 0 Å². The monoisotopic (exact) mass is 296 g/mol. The van der Waals surface area contributed by atoms with Gasteiger partial charge in [0.15, 0.2) is 0 Å². The summed E-state index contributed by atoms with van der Waals surface area (Å²) >= 11 is 11.9. The Morgan fingerprint density at radius 1 is 1.11 bits per heavy atom. The molecule has 1 aliphatic rings. The van der Waals surface area contributed by atoms with Crippen molar-refractivity contribution in [1.82, 2.24) is 9.97 Å². The largest absolute Gasteiger partial charge is 0.319 e. The summed E-state index contributed by atoms with van der Waals surface area (Å²) in [6.45, 7) is 0. The van der Waals surface area contributed by atoms with Crippen molar-refractivity contribution in [3.63, 3.8) is 0 Å². The molecule has 3 rings (SSSR count). The van der Waals surface area contributed by atoms with Crippen molar-refractivity contribution in [3.8, 4) is 0 Å². The lowest BCUT2D eigenvalue weighted by Gasteiger charge is -2.20. The second kappa shape index (κ2) is 5.14. The van der Waals surface area contributed by atoms with Crippen molar-refractivity contribution in [2.45, 2.75) is 38.0 Å². The lowest BCUT2D eigenvalue weighted by Crippen LogP contribution is -2.20. The number of rotatable bonds is 1. The van der Waals surface area contributed by atoms with Crippen LogP contribution < -0.4 is 5.56 Å². The molecule has 1 N–H and O–H groups in total. The van der Waals surface area contributed by atoms with Crippen LogP contribution in [0.3, 0.4) is 0 Å². The molecule has 3 nitrogen and oxygen atoms in total. The zero-order valence-corrected chi connectivity index (χ0v) is 11.9. The molecule has 0 amide bonds. The molecule has 2 aromatic rings. The third kappa shape index (κ3) is 2.49. The topological polar surface area (TPSA) is 45.8 Å². The van der Waals surface area contributed by atoms with Gasteiger partial charge in [0, 0.05) is 5.92 Å². The Bertz CT molecular complexity index is 675. The molecule has 0 saturated heterocycles. The van der Waals surface area contributed by atoms with Gasteiger partial charge < -0.3 is 4.98 Å². The Hall–Kier alpha value is -1.06. The minimum absolute atomic E-state index is 0.0993. The first kappa shape index (κ1) is 12.9. The zero-order chi connectivity index (χ0) is 13.4. The molecule has 0 unspecified atom stereocenters. The maximum atomic E-state index is 12.1.